The van der Waals surface area contributed by atoms with Crippen molar-refractivity contribution in [1.29, 1.82) is 0 Å². The van der Waals surface area contributed by atoms with E-state index >= 15 is 0 Å². The normalized spacial score (nSPS) is 29.3. The fourth-order valence-electron chi connectivity index (χ4n) is 3.66. The molecule has 1 aliphatic heterocycles. The average Bonchev–Trinajstić information content (AvgIpc) is 2.73. The molecule has 0 aromatic carbocycles. The van der Waals surface area contributed by atoms with Crippen LogP contribution in [0.15, 0.2) is 6.07 Å². The van der Waals surface area contributed by atoms with Crippen molar-refractivity contribution in [3.8, 4) is 0 Å². The van der Waals surface area contributed by atoms with Crippen LogP contribution in [0.3, 0.4) is 0 Å². The summed E-state index contributed by atoms with van der Waals surface area (Å²) in [5.74, 6) is 0.133. The summed E-state index contributed by atoms with van der Waals surface area (Å²) in [4.78, 5) is 14.5. The second-order valence-corrected chi connectivity index (χ2v) is 7.04. The number of halogens is 2. The summed E-state index contributed by atoms with van der Waals surface area (Å²) in [6.45, 7) is 1.21. The van der Waals surface area contributed by atoms with Gasteiger partial charge in [-0.15, -0.1) is 0 Å². The summed E-state index contributed by atoms with van der Waals surface area (Å²) in [6, 6.07) is 1.62. The SMILES string of the molecule is Cn1c(C(=O)N2CCC3(O)CCCCC3C2)cc(Cl)c1Cl. The molecule has 116 valence electrons. The van der Waals surface area contributed by atoms with Crippen molar-refractivity contribution in [1.82, 2.24) is 9.47 Å². The first-order valence-corrected chi connectivity index (χ1v) is 8.20. The molecule has 2 atom stereocenters. The molecule has 1 aromatic rings. The standard InChI is InChI=1S/C15H20Cl2N2O2/c1-18-12(8-11(16)13(18)17)14(20)19-7-6-15(21)5-3-2-4-10(15)9-19/h8,10,21H,2-7,9H2,1H3. The van der Waals surface area contributed by atoms with Crippen LogP contribution in [0.5, 0.6) is 0 Å². The van der Waals surface area contributed by atoms with Crippen LogP contribution in [-0.4, -0.2) is 39.2 Å². The molecule has 0 radical (unpaired) electrons. The number of rotatable bonds is 1. The molecule has 0 bridgehead atoms. The van der Waals surface area contributed by atoms with Gasteiger partial charge in [-0.05, 0) is 25.3 Å². The van der Waals surface area contributed by atoms with E-state index in [9.17, 15) is 9.90 Å². The third kappa shape index (κ3) is 2.58. The summed E-state index contributed by atoms with van der Waals surface area (Å²) in [5.41, 5.74) is -0.0651. The molecule has 2 unspecified atom stereocenters. The first-order valence-electron chi connectivity index (χ1n) is 7.45. The van der Waals surface area contributed by atoms with Crippen LogP contribution in [0, 0.1) is 5.92 Å². The van der Waals surface area contributed by atoms with Gasteiger partial charge in [0.15, 0.2) is 0 Å². The van der Waals surface area contributed by atoms with Gasteiger partial charge in [-0.25, -0.2) is 0 Å². The quantitative estimate of drug-likeness (QED) is 0.859. The fourth-order valence-corrected chi connectivity index (χ4v) is 4.04. The monoisotopic (exact) mass is 330 g/mol. The minimum absolute atomic E-state index is 0.0566. The number of aliphatic hydroxyl groups is 1. The van der Waals surface area contributed by atoms with E-state index in [0.29, 0.717) is 35.4 Å². The van der Waals surface area contributed by atoms with Gasteiger partial charge in [0.05, 0.1) is 10.6 Å². The van der Waals surface area contributed by atoms with Crippen molar-refractivity contribution in [2.24, 2.45) is 13.0 Å². The lowest BCUT2D eigenvalue weighted by Crippen LogP contribution is -2.54. The van der Waals surface area contributed by atoms with Gasteiger partial charge in [0.2, 0.25) is 0 Å². The third-order valence-corrected chi connectivity index (χ3v) is 5.89. The van der Waals surface area contributed by atoms with Crippen molar-refractivity contribution in [3.05, 3.63) is 21.9 Å². The summed E-state index contributed by atoms with van der Waals surface area (Å²) < 4.78 is 1.62. The van der Waals surface area contributed by atoms with Crippen LogP contribution in [-0.2, 0) is 7.05 Å². The third-order valence-electron chi connectivity index (χ3n) is 5.05. The van der Waals surface area contributed by atoms with E-state index < -0.39 is 5.60 Å². The molecule has 2 heterocycles. The molecule has 1 saturated heterocycles. The Hall–Kier alpha value is -0.710. The van der Waals surface area contributed by atoms with Gasteiger partial charge in [-0.2, -0.15) is 0 Å². The Bertz CT molecular complexity index is 572. The maximum absolute atomic E-state index is 12.7. The minimum Gasteiger partial charge on any atom is -0.389 e. The van der Waals surface area contributed by atoms with E-state index in [-0.39, 0.29) is 11.8 Å². The number of aromatic nitrogens is 1. The number of likely N-dealkylation sites (tertiary alicyclic amines) is 1. The highest BCUT2D eigenvalue weighted by Crippen LogP contribution is 2.40. The molecule has 21 heavy (non-hydrogen) atoms. The number of piperidine rings is 1. The summed E-state index contributed by atoms with van der Waals surface area (Å²) in [6.07, 6.45) is 4.74. The van der Waals surface area contributed by atoms with Crippen LogP contribution < -0.4 is 0 Å². The zero-order valence-corrected chi connectivity index (χ0v) is 13.6. The predicted molar refractivity (Wildman–Crippen MR) is 82.9 cm³/mol. The number of hydrogen-bond acceptors (Lipinski definition) is 2. The first kappa shape index (κ1) is 15.2. The van der Waals surface area contributed by atoms with Crippen LogP contribution in [0.1, 0.15) is 42.6 Å². The first-order chi connectivity index (χ1) is 9.92. The molecule has 1 saturated carbocycles. The number of nitrogens with zero attached hydrogens (tertiary/aromatic N) is 2. The van der Waals surface area contributed by atoms with E-state index in [1.165, 1.54) is 0 Å². The van der Waals surface area contributed by atoms with Crippen LogP contribution in [0.2, 0.25) is 10.2 Å². The van der Waals surface area contributed by atoms with Crippen molar-refractivity contribution < 1.29 is 9.90 Å². The molecular weight excluding hydrogens is 311 g/mol. The van der Waals surface area contributed by atoms with Crippen molar-refractivity contribution in [3.63, 3.8) is 0 Å². The lowest BCUT2D eigenvalue weighted by molar-refractivity contribution is -0.0887. The van der Waals surface area contributed by atoms with E-state index in [2.05, 4.69) is 0 Å². The molecule has 3 rings (SSSR count). The van der Waals surface area contributed by atoms with Crippen molar-refractivity contribution in [2.75, 3.05) is 13.1 Å². The Labute approximate surface area is 134 Å². The number of hydrogen-bond donors (Lipinski definition) is 1. The van der Waals surface area contributed by atoms with Gasteiger partial charge in [0.25, 0.3) is 5.91 Å². The molecule has 6 heteroatoms. The second kappa shape index (κ2) is 5.49. The van der Waals surface area contributed by atoms with Gasteiger partial charge in [0.1, 0.15) is 10.8 Å². The van der Waals surface area contributed by atoms with Crippen molar-refractivity contribution in [2.45, 2.75) is 37.7 Å². The number of carbonyl (C=O) groups is 1. The average molecular weight is 331 g/mol. The number of fused-ring (bicyclic) bond motifs is 1. The van der Waals surface area contributed by atoms with Crippen LogP contribution in [0.4, 0.5) is 0 Å². The van der Waals surface area contributed by atoms with Crippen LogP contribution >= 0.6 is 23.2 Å². The Morgan fingerprint density at radius 3 is 2.81 bits per heavy atom. The Morgan fingerprint density at radius 1 is 1.38 bits per heavy atom. The largest absolute Gasteiger partial charge is 0.389 e. The highest BCUT2D eigenvalue weighted by atomic mass is 35.5. The Kier molecular flexibility index (Phi) is 3.97. The van der Waals surface area contributed by atoms with E-state index in [1.807, 2.05) is 4.90 Å². The molecular formula is C15H20Cl2N2O2. The van der Waals surface area contributed by atoms with Gasteiger partial charge >= 0.3 is 0 Å². The summed E-state index contributed by atoms with van der Waals surface area (Å²) in [5, 5.41) is 11.5. The molecule has 1 amide bonds. The predicted octanol–water partition coefficient (Wildman–Crippen LogP) is 3.10. The Morgan fingerprint density at radius 2 is 2.14 bits per heavy atom. The fraction of sp³-hybridized carbons (Fsp3) is 0.667. The topological polar surface area (TPSA) is 45.5 Å². The summed E-state index contributed by atoms with van der Waals surface area (Å²) >= 11 is 12.0. The molecule has 2 fully saturated rings. The maximum Gasteiger partial charge on any atom is 0.270 e. The van der Waals surface area contributed by atoms with Gasteiger partial charge < -0.3 is 14.6 Å². The summed E-state index contributed by atoms with van der Waals surface area (Å²) in [7, 11) is 1.74. The smallest absolute Gasteiger partial charge is 0.270 e. The molecule has 1 aliphatic carbocycles. The molecule has 1 aromatic heterocycles. The zero-order valence-electron chi connectivity index (χ0n) is 12.1. The van der Waals surface area contributed by atoms with Gasteiger partial charge in [-0.3, -0.25) is 4.79 Å². The van der Waals surface area contributed by atoms with E-state index in [0.717, 1.165) is 25.7 Å². The molecule has 1 N–H and O–H groups in total. The lowest BCUT2D eigenvalue weighted by atomic mass is 9.71. The van der Waals surface area contributed by atoms with Gasteiger partial charge in [0, 0.05) is 26.1 Å². The lowest BCUT2D eigenvalue weighted by Gasteiger charge is -2.47. The van der Waals surface area contributed by atoms with Crippen LogP contribution in [0.25, 0.3) is 0 Å². The molecule has 2 aliphatic rings. The molecule has 4 nitrogen and oxygen atoms in total. The molecule has 0 spiro atoms. The maximum atomic E-state index is 12.7. The number of carbonyl (C=O) groups excluding carboxylic acids is 1. The number of amides is 1. The highest BCUT2D eigenvalue weighted by molar-refractivity contribution is 6.41. The van der Waals surface area contributed by atoms with Crippen molar-refractivity contribution >= 4 is 29.1 Å². The van der Waals surface area contributed by atoms with Gasteiger partial charge in [-0.1, -0.05) is 36.0 Å². The van der Waals surface area contributed by atoms with E-state index in [1.54, 1.807) is 17.7 Å². The minimum atomic E-state index is -0.571. The van der Waals surface area contributed by atoms with E-state index in [4.69, 9.17) is 23.2 Å². The Balaban J connectivity index is 1.79. The highest BCUT2D eigenvalue weighted by Gasteiger charge is 2.44. The second-order valence-electron chi connectivity index (χ2n) is 6.27. The zero-order chi connectivity index (χ0) is 15.2.